The van der Waals surface area contributed by atoms with Crippen LogP contribution in [0.3, 0.4) is 0 Å². The maximum atomic E-state index is 9.64. The Labute approximate surface area is 87.5 Å². The molecule has 0 aromatic carbocycles. The molecule has 2 heterocycles. The molecule has 1 atom stereocenters. The number of nitrogens with zero attached hydrogens (tertiary/aromatic N) is 3. The number of rotatable bonds is 3. The summed E-state index contributed by atoms with van der Waals surface area (Å²) in [5.41, 5.74) is 0.725. The molecular formula is C11H11N3O. The molecule has 2 aromatic rings. The lowest BCUT2D eigenvalue weighted by atomic mass is 10.3. The lowest BCUT2D eigenvalue weighted by molar-refractivity contribution is 0.156. The Morgan fingerprint density at radius 3 is 2.87 bits per heavy atom. The maximum absolute atomic E-state index is 9.64. The zero-order valence-electron chi connectivity index (χ0n) is 8.11. The highest BCUT2D eigenvalue weighted by Gasteiger charge is 2.10. The van der Waals surface area contributed by atoms with Crippen LogP contribution in [0.4, 0.5) is 0 Å². The predicted octanol–water partition coefficient (Wildman–Crippen LogP) is 1.62. The van der Waals surface area contributed by atoms with Crippen molar-refractivity contribution >= 4 is 0 Å². The molecule has 0 saturated heterocycles. The van der Waals surface area contributed by atoms with Crippen molar-refractivity contribution in [2.24, 2.45) is 0 Å². The third kappa shape index (κ3) is 1.80. The Bertz CT molecular complexity index is 450. The number of hydrogen-bond donors (Lipinski definition) is 1. The van der Waals surface area contributed by atoms with Crippen LogP contribution in [0.25, 0.3) is 11.5 Å². The van der Waals surface area contributed by atoms with E-state index in [2.05, 4.69) is 16.5 Å². The summed E-state index contributed by atoms with van der Waals surface area (Å²) in [7, 11) is 0. The molecule has 0 radical (unpaired) electrons. The lowest BCUT2D eigenvalue weighted by Crippen LogP contribution is -2.06. The highest BCUT2D eigenvalue weighted by molar-refractivity contribution is 5.49. The quantitative estimate of drug-likeness (QED) is 0.768. The second-order valence-electron chi connectivity index (χ2n) is 3.02. The largest absolute Gasteiger partial charge is 0.370 e. The summed E-state index contributed by atoms with van der Waals surface area (Å²) in [6, 6.07) is 5.55. The first-order valence-corrected chi connectivity index (χ1v) is 4.58. The Morgan fingerprint density at radius 1 is 1.33 bits per heavy atom. The van der Waals surface area contributed by atoms with Gasteiger partial charge in [0.2, 0.25) is 0 Å². The van der Waals surface area contributed by atoms with Gasteiger partial charge >= 0.3 is 0 Å². The van der Waals surface area contributed by atoms with E-state index in [9.17, 15) is 5.11 Å². The number of aliphatic hydroxyl groups is 1. The Hall–Kier alpha value is -1.94. The Morgan fingerprint density at radius 2 is 2.20 bits per heavy atom. The molecule has 0 saturated carbocycles. The van der Waals surface area contributed by atoms with Gasteiger partial charge in [0.05, 0.1) is 0 Å². The van der Waals surface area contributed by atoms with Gasteiger partial charge in [-0.1, -0.05) is 12.6 Å². The molecule has 4 heteroatoms. The first kappa shape index (κ1) is 9.61. The SMILES string of the molecule is C=CC(O)n1ccnc1-c1ccccn1. The summed E-state index contributed by atoms with van der Waals surface area (Å²) in [5.74, 6) is 0.628. The molecule has 4 nitrogen and oxygen atoms in total. The molecular weight excluding hydrogens is 190 g/mol. The van der Waals surface area contributed by atoms with Crippen molar-refractivity contribution in [3.8, 4) is 11.5 Å². The van der Waals surface area contributed by atoms with Crippen molar-refractivity contribution < 1.29 is 5.11 Å². The van der Waals surface area contributed by atoms with E-state index in [0.29, 0.717) is 5.82 Å². The average Bonchev–Trinajstić information content (AvgIpc) is 2.78. The molecule has 0 aliphatic carbocycles. The third-order valence-corrected chi connectivity index (χ3v) is 2.06. The molecule has 0 bridgehead atoms. The van der Waals surface area contributed by atoms with Gasteiger partial charge in [-0.25, -0.2) is 4.98 Å². The van der Waals surface area contributed by atoms with Crippen LogP contribution < -0.4 is 0 Å². The number of pyridine rings is 1. The third-order valence-electron chi connectivity index (χ3n) is 2.06. The smallest absolute Gasteiger partial charge is 0.161 e. The fourth-order valence-corrected chi connectivity index (χ4v) is 1.33. The number of aliphatic hydroxyl groups excluding tert-OH is 1. The van der Waals surface area contributed by atoms with E-state index in [1.807, 2.05) is 18.2 Å². The molecule has 0 aliphatic rings. The summed E-state index contributed by atoms with van der Waals surface area (Å²) in [5, 5.41) is 9.64. The van der Waals surface area contributed by atoms with Crippen LogP contribution in [0, 0.1) is 0 Å². The number of imidazole rings is 1. The normalized spacial score (nSPS) is 12.3. The van der Waals surface area contributed by atoms with Gasteiger partial charge in [0.15, 0.2) is 12.1 Å². The second kappa shape index (κ2) is 4.06. The van der Waals surface area contributed by atoms with E-state index in [1.165, 1.54) is 6.08 Å². The first-order chi connectivity index (χ1) is 7.33. The summed E-state index contributed by atoms with van der Waals surface area (Å²) in [4.78, 5) is 8.32. The van der Waals surface area contributed by atoms with Gasteiger partial charge in [0.1, 0.15) is 5.69 Å². The fourth-order valence-electron chi connectivity index (χ4n) is 1.33. The highest BCUT2D eigenvalue weighted by atomic mass is 16.3. The van der Waals surface area contributed by atoms with E-state index in [-0.39, 0.29) is 0 Å². The lowest BCUT2D eigenvalue weighted by Gasteiger charge is -2.10. The van der Waals surface area contributed by atoms with Crippen molar-refractivity contribution in [3.63, 3.8) is 0 Å². The van der Waals surface area contributed by atoms with E-state index in [0.717, 1.165) is 5.69 Å². The molecule has 15 heavy (non-hydrogen) atoms. The summed E-state index contributed by atoms with van der Waals surface area (Å²) < 4.78 is 1.61. The molecule has 0 aliphatic heterocycles. The molecule has 1 unspecified atom stereocenters. The first-order valence-electron chi connectivity index (χ1n) is 4.58. The summed E-state index contributed by atoms with van der Waals surface area (Å²) >= 11 is 0. The van der Waals surface area contributed by atoms with E-state index in [4.69, 9.17) is 0 Å². The highest BCUT2D eigenvalue weighted by Crippen LogP contribution is 2.17. The van der Waals surface area contributed by atoms with Crippen molar-refractivity contribution in [2.75, 3.05) is 0 Å². The zero-order chi connectivity index (χ0) is 10.7. The number of aromatic nitrogens is 3. The van der Waals surface area contributed by atoms with Crippen LogP contribution in [-0.2, 0) is 0 Å². The Kier molecular flexibility index (Phi) is 2.60. The van der Waals surface area contributed by atoms with Crippen molar-refractivity contribution in [2.45, 2.75) is 6.23 Å². The molecule has 0 spiro atoms. The van der Waals surface area contributed by atoms with Gasteiger partial charge in [-0.15, -0.1) is 0 Å². The van der Waals surface area contributed by atoms with Gasteiger partial charge in [0, 0.05) is 18.6 Å². The molecule has 76 valence electrons. The maximum Gasteiger partial charge on any atom is 0.161 e. The minimum atomic E-state index is -0.774. The van der Waals surface area contributed by atoms with Crippen LogP contribution in [0.15, 0.2) is 49.4 Å². The van der Waals surface area contributed by atoms with Crippen LogP contribution in [0.5, 0.6) is 0 Å². The van der Waals surface area contributed by atoms with Crippen LogP contribution in [0.1, 0.15) is 6.23 Å². The summed E-state index contributed by atoms with van der Waals surface area (Å²) in [6.45, 7) is 3.53. The van der Waals surface area contributed by atoms with E-state index < -0.39 is 6.23 Å². The van der Waals surface area contributed by atoms with Gasteiger partial charge in [0.25, 0.3) is 0 Å². The topological polar surface area (TPSA) is 50.9 Å². The second-order valence-corrected chi connectivity index (χ2v) is 3.02. The van der Waals surface area contributed by atoms with Gasteiger partial charge in [-0.3, -0.25) is 9.55 Å². The molecule has 0 fully saturated rings. The standard InChI is InChI=1S/C11H11N3O/c1-2-10(15)14-8-7-13-11(14)9-5-3-4-6-12-9/h2-8,10,15H,1H2. The molecule has 2 rings (SSSR count). The van der Waals surface area contributed by atoms with E-state index in [1.54, 1.807) is 23.2 Å². The molecule has 1 N–H and O–H groups in total. The Balaban J connectivity index is 2.46. The molecule has 2 aromatic heterocycles. The fraction of sp³-hybridized carbons (Fsp3) is 0.0909. The summed E-state index contributed by atoms with van der Waals surface area (Å²) in [6.07, 6.45) is 5.67. The minimum absolute atomic E-state index is 0.628. The van der Waals surface area contributed by atoms with E-state index >= 15 is 0 Å². The average molecular weight is 201 g/mol. The number of hydrogen-bond acceptors (Lipinski definition) is 3. The van der Waals surface area contributed by atoms with Crippen LogP contribution >= 0.6 is 0 Å². The monoisotopic (exact) mass is 201 g/mol. The van der Waals surface area contributed by atoms with Gasteiger partial charge < -0.3 is 5.11 Å². The van der Waals surface area contributed by atoms with Crippen LogP contribution in [0.2, 0.25) is 0 Å². The van der Waals surface area contributed by atoms with Crippen molar-refractivity contribution in [1.29, 1.82) is 0 Å². The molecule has 0 amide bonds. The minimum Gasteiger partial charge on any atom is -0.370 e. The van der Waals surface area contributed by atoms with Crippen molar-refractivity contribution in [1.82, 2.24) is 14.5 Å². The van der Waals surface area contributed by atoms with Crippen LogP contribution in [-0.4, -0.2) is 19.6 Å². The van der Waals surface area contributed by atoms with Gasteiger partial charge in [-0.05, 0) is 18.2 Å². The van der Waals surface area contributed by atoms with Gasteiger partial charge in [-0.2, -0.15) is 0 Å². The van der Waals surface area contributed by atoms with Crippen molar-refractivity contribution in [3.05, 3.63) is 49.4 Å². The zero-order valence-corrected chi connectivity index (χ0v) is 8.11. The predicted molar refractivity (Wildman–Crippen MR) is 56.9 cm³/mol.